The van der Waals surface area contributed by atoms with Crippen molar-refractivity contribution in [1.82, 2.24) is 10.6 Å². The van der Waals surface area contributed by atoms with Crippen molar-refractivity contribution in [1.29, 1.82) is 0 Å². The van der Waals surface area contributed by atoms with Crippen LogP contribution in [0.1, 0.15) is 24.8 Å². The normalized spacial score (nSPS) is 17.5. The van der Waals surface area contributed by atoms with Gasteiger partial charge in [-0.1, -0.05) is 35.3 Å². The number of hydrogen-bond acceptors (Lipinski definition) is 4. The molecule has 0 heterocycles. The van der Waals surface area contributed by atoms with E-state index in [4.69, 9.17) is 32.7 Å². The summed E-state index contributed by atoms with van der Waals surface area (Å²) in [5.41, 5.74) is 0.954. The Bertz CT molecular complexity index is 922. The second-order valence-corrected chi connectivity index (χ2v) is 8.14. The Morgan fingerprint density at radius 1 is 1.03 bits per heavy atom. The minimum Gasteiger partial charge on any atom is -0.484 e. The summed E-state index contributed by atoms with van der Waals surface area (Å²) in [5, 5.41) is 6.38. The Morgan fingerprint density at radius 3 is 2.48 bits per heavy atom. The van der Waals surface area contributed by atoms with Gasteiger partial charge in [0.25, 0.3) is 5.91 Å². The molecule has 1 aliphatic carbocycles. The van der Waals surface area contributed by atoms with Crippen LogP contribution < -0.4 is 15.4 Å². The van der Waals surface area contributed by atoms with E-state index in [1.807, 2.05) is 18.2 Å². The summed E-state index contributed by atoms with van der Waals surface area (Å²) in [6.07, 6.45) is 1.56. The number of hydrogen-bond donors (Lipinski definition) is 2. The third-order valence-corrected chi connectivity index (χ3v) is 5.30. The molecule has 6 nitrogen and oxygen atoms in total. The number of carbonyl (C=O) groups excluding carboxylic acids is 2. The molecular formula is C22H23Cl2FN2O4. The van der Waals surface area contributed by atoms with Gasteiger partial charge in [-0.25, -0.2) is 4.39 Å². The standard InChI is InChI=1S/C22H23Cl2FN2O4/c23-15-3-1-2-14(8-15)12-30-7-6-21(28)26-16-9-17(10-16)27-22(29)13-31-18-4-5-19(24)20(25)11-18/h1-5,8,11,16-17H,6-7,9-10,12-13H2,(H,26,28)(H,27,29). The van der Waals surface area contributed by atoms with Gasteiger partial charge >= 0.3 is 0 Å². The SMILES string of the molecule is O=C(CCOCc1cccc(Cl)c1)NC1CC(NC(=O)COc2ccc(Cl)c(F)c2)C1. The second kappa shape index (κ2) is 11.3. The van der Waals surface area contributed by atoms with E-state index in [0.717, 1.165) is 11.6 Å². The first-order valence-electron chi connectivity index (χ1n) is 9.88. The molecule has 1 saturated carbocycles. The van der Waals surface area contributed by atoms with E-state index in [1.165, 1.54) is 12.1 Å². The molecule has 2 aromatic rings. The van der Waals surface area contributed by atoms with Crippen LogP contribution in [0.4, 0.5) is 4.39 Å². The van der Waals surface area contributed by atoms with Crippen LogP contribution in [-0.2, 0) is 20.9 Å². The summed E-state index contributed by atoms with van der Waals surface area (Å²) >= 11 is 11.5. The van der Waals surface area contributed by atoms with E-state index in [0.29, 0.717) is 31.1 Å². The number of halogens is 3. The van der Waals surface area contributed by atoms with Crippen molar-refractivity contribution >= 4 is 35.0 Å². The highest BCUT2D eigenvalue weighted by Crippen LogP contribution is 2.21. The van der Waals surface area contributed by atoms with Crippen LogP contribution in [-0.4, -0.2) is 37.1 Å². The van der Waals surface area contributed by atoms with Crippen LogP contribution in [0, 0.1) is 5.82 Å². The number of benzene rings is 2. The predicted octanol–water partition coefficient (Wildman–Crippen LogP) is 3.88. The Labute approximate surface area is 190 Å². The van der Waals surface area contributed by atoms with Crippen LogP contribution in [0.3, 0.4) is 0 Å². The number of carbonyl (C=O) groups is 2. The van der Waals surface area contributed by atoms with E-state index >= 15 is 0 Å². The van der Waals surface area contributed by atoms with E-state index in [2.05, 4.69) is 10.6 Å². The molecule has 2 amide bonds. The zero-order valence-electron chi connectivity index (χ0n) is 16.7. The molecule has 0 spiro atoms. The molecule has 1 fully saturated rings. The first-order valence-corrected chi connectivity index (χ1v) is 10.6. The van der Waals surface area contributed by atoms with Crippen molar-refractivity contribution < 1.29 is 23.5 Å². The van der Waals surface area contributed by atoms with E-state index in [1.54, 1.807) is 6.07 Å². The van der Waals surface area contributed by atoms with E-state index < -0.39 is 5.82 Å². The van der Waals surface area contributed by atoms with Crippen molar-refractivity contribution in [2.75, 3.05) is 13.2 Å². The number of amides is 2. The van der Waals surface area contributed by atoms with Crippen LogP contribution in [0.25, 0.3) is 0 Å². The fourth-order valence-corrected chi connectivity index (χ4v) is 3.45. The van der Waals surface area contributed by atoms with Crippen molar-refractivity contribution in [2.24, 2.45) is 0 Å². The van der Waals surface area contributed by atoms with Crippen molar-refractivity contribution in [2.45, 2.75) is 38.0 Å². The van der Waals surface area contributed by atoms with Gasteiger partial charge in [0.2, 0.25) is 5.91 Å². The van der Waals surface area contributed by atoms with Crippen LogP contribution in [0.2, 0.25) is 10.0 Å². The molecule has 0 unspecified atom stereocenters. The molecule has 0 aromatic heterocycles. The molecule has 166 valence electrons. The summed E-state index contributed by atoms with van der Waals surface area (Å²) in [7, 11) is 0. The monoisotopic (exact) mass is 468 g/mol. The Kier molecular flexibility index (Phi) is 8.51. The van der Waals surface area contributed by atoms with Gasteiger partial charge < -0.3 is 20.1 Å². The van der Waals surface area contributed by atoms with Gasteiger partial charge in [-0.15, -0.1) is 0 Å². The van der Waals surface area contributed by atoms with Crippen LogP contribution in [0.15, 0.2) is 42.5 Å². The molecule has 0 saturated heterocycles. The maximum Gasteiger partial charge on any atom is 0.258 e. The van der Waals surface area contributed by atoms with E-state index in [-0.39, 0.29) is 47.7 Å². The fraction of sp³-hybridized carbons (Fsp3) is 0.364. The van der Waals surface area contributed by atoms with Gasteiger partial charge in [-0.2, -0.15) is 0 Å². The summed E-state index contributed by atoms with van der Waals surface area (Å²) in [4.78, 5) is 23.9. The fourth-order valence-electron chi connectivity index (χ4n) is 3.12. The highest BCUT2D eigenvalue weighted by molar-refractivity contribution is 6.31. The minimum atomic E-state index is -0.605. The average molecular weight is 469 g/mol. The molecule has 3 rings (SSSR count). The Balaban J connectivity index is 1.24. The lowest BCUT2D eigenvalue weighted by Gasteiger charge is -2.36. The zero-order chi connectivity index (χ0) is 22.2. The third kappa shape index (κ3) is 7.69. The number of ether oxygens (including phenoxy) is 2. The molecule has 0 radical (unpaired) electrons. The molecule has 9 heteroatoms. The molecule has 31 heavy (non-hydrogen) atoms. The molecule has 2 N–H and O–H groups in total. The van der Waals surface area contributed by atoms with Gasteiger partial charge in [-0.05, 0) is 42.7 Å². The molecule has 0 bridgehead atoms. The molecule has 0 aliphatic heterocycles. The highest BCUT2D eigenvalue weighted by atomic mass is 35.5. The topological polar surface area (TPSA) is 76.7 Å². The quantitative estimate of drug-likeness (QED) is 0.518. The maximum atomic E-state index is 13.4. The zero-order valence-corrected chi connectivity index (χ0v) is 18.2. The van der Waals surface area contributed by atoms with Gasteiger partial charge in [0.1, 0.15) is 11.6 Å². The number of nitrogens with one attached hydrogen (secondary N) is 2. The van der Waals surface area contributed by atoms with Gasteiger partial charge in [0.15, 0.2) is 6.61 Å². The minimum absolute atomic E-state index is 0.00738. The van der Waals surface area contributed by atoms with Crippen molar-refractivity contribution in [3.8, 4) is 5.75 Å². The summed E-state index contributed by atoms with van der Waals surface area (Å²) in [6.45, 7) is 0.489. The lowest BCUT2D eigenvalue weighted by atomic mass is 9.86. The highest BCUT2D eigenvalue weighted by Gasteiger charge is 2.31. The van der Waals surface area contributed by atoms with Crippen LogP contribution >= 0.6 is 23.2 Å². The molecular weight excluding hydrogens is 446 g/mol. The average Bonchev–Trinajstić information content (AvgIpc) is 2.70. The van der Waals surface area contributed by atoms with Gasteiger partial charge in [0, 0.05) is 29.6 Å². The first kappa shape index (κ1) is 23.3. The lowest BCUT2D eigenvalue weighted by molar-refractivity contribution is -0.125. The first-order chi connectivity index (χ1) is 14.9. The predicted molar refractivity (Wildman–Crippen MR) is 116 cm³/mol. The largest absolute Gasteiger partial charge is 0.484 e. The Morgan fingerprint density at radius 2 is 1.77 bits per heavy atom. The van der Waals surface area contributed by atoms with Crippen molar-refractivity contribution in [3.05, 3.63) is 63.9 Å². The molecule has 0 atom stereocenters. The smallest absolute Gasteiger partial charge is 0.258 e. The van der Waals surface area contributed by atoms with Crippen LogP contribution in [0.5, 0.6) is 5.75 Å². The summed E-state index contributed by atoms with van der Waals surface area (Å²) < 4.78 is 24.1. The van der Waals surface area contributed by atoms with Gasteiger partial charge in [-0.3, -0.25) is 9.59 Å². The summed E-state index contributed by atoms with van der Waals surface area (Å²) in [5.74, 6) is -0.770. The third-order valence-electron chi connectivity index (χ3n) is 4.76. The van der Waals surface area contributed by atoms with Crippen molar-refractivity contribution in [3.63, 3.8) is 0 Å². The lowest BCUT2D eigenvalue weighted by Crippen LogP contribution is -2.54. The summed E-state index contributed by atoms with van der Waals surface area (Å²) in [6, 6.07) is 11.4. The van der Waals surface area contributed by atoms with E-state index in [9.17, 15) is 14.0 Å². The maximum absolute atomic E-state index is 13.4. The Hall–Kier alpha value is -2.35. The number of rotatable bonds is 10. The van der Waals surface area contributed by atoms with Gasteiger partial charge in [0.05, 0.1) is 18.2 Å². The second-order valence-electron chi connectivity index (χ2n) is 7.30. The molecule has 1 aliphatic rings. The molecule has 2 aromatic carbocycles.